The lowest BCUT2D eigenvalue weighted by Crippen LogP contribution is -2.17. The van der Waals surface area contributed by atoms with E-state index in [0.717, 1.165) is 30.0 Å². The van der Waals surface area contributed by atoms with Gasteiger partial charge in [0.15, 0.2) is 11.6 Å². The van der Waals surface area contributed by atoms with Crippen LogP contribution in [0.25, 0.3) is 0 Å². The second-order valence-electron chi connectivity index (χ2n) is 8.43. The lowest BCUT2D eigenvalue weighted by Gasteiger charge is -2.22. The molecule has 1 aliphatic rings. The van der Waals surface area contributed by atoms with E-state index in [1.54, 1.807) is 24.3 Å². The van der Waals surface area contributed by atoms with E-state index < -0.39 is 35.3 Å². The number of amides is 1. The van der Waals surface area contributed by atoms with Crippen LogP contribution in [0.1, 0.15) is 41.1 Å². The number of nitrogens with one attached hydrogen (secondary N) is 2. The molecule has 0 radical (unpaired) electrons. The SMILES string of the molecule is NC(=O)Cc1ccc(CNc2ncnc(NC(c3ccc(C(F)(F)F)cc3O)C3CC3)c2F)cc1. The predicted octanol–water partition coefficient (Wildman–Crippen LogP) is 4.54. The molecule has 0 spiro atoms. The molecule has 1 aromatic heterocycles. The van der Waals surface area contributed by atoms with E-state index in [1.807, 2.05) is 0 Å². The molecule has 1 atom stereocenters. The maximum absolute atomic E-state index is 15.2. The number of primary amides is 1. The minimum Gasteiger partial charge on any atom is -0.508 e. The van der Waals surface area contributed by atoms with Gasteiger partial charge in [-0.05, 0) is 42.0 Å². The van der Waals surface area contributed by atoms with Gasteiger partial charge in [0.05, 0.1) is 18.0 Å². The van der Waals surface area contributed by atoms with Crippen molar-refractivity contribution in [3.8, 4) is 5.75 Å². The molecule has 5 N–H and O–H groups in total. The van der Waals surface area contributed by atoms with E-state index in [-0.39, 0.29) is 36.1 Å². The Hall–Kier alpha value is -3.89. The van der Waals surface area contributed by atoms with Crippen molar-refractivity contribution in [2.45, 2.75) is 38.0 Å². The molecule has 11 heteroatoms. The van der Waals surface area contributed by atoms with Crippen LogP contribution in [0.5, 0.6) is 5.75 Å². The summed E-state index contributed by atoms with van der Waals surface area (Å²) in [6.07, 6.45) is -1.73. The van der Waals surface area contributed by atoms with Gasteiger partial charge in [-0.15, -0.1) is 0 Å². The number of carbonyl (C=O) groups is 1. The van der Waals surface area contributed by atoms with Crippen LogP contribution in [0.2, 0.25) is 0 Å². The lowest BCUT2D eigenvalue weighted by molar-refractivity contribution is -0.137. The molecule has 0 aliphatic heterocycles. The summed E-state index contributed by atoms with van der Waals surface area (Å²) in [5.74, 6) is -1.88. The Labute approximate surface area is 198 Å². The quantitative estimate of drug-likeness (QED) is 0.328. The molecular formula is C24H23F4N5O2. The van der Waals surface area contributed by atoms with Gasteiger partial charge in [-0.3, -0.25) is 4.79 Å². The first kappa shape index (κ1) is 24.2. The van der Waals surface area contributed by atoms with Gasteiger partial charge in [0.25, 0.3) is 0 Å². The zero-order valence-electron chi connectivity index (χ0n) is 18.4. The zero-order valence-corrected chi connectivity index (χ0v) is 18.4. The van der Waals surface area contributed by atoms with E-state index >= 15 is 4.39 Å². The summed E-state index contributed by atoms with van der Waals surface area (Å²) in [6, 6.07) is 9.21. The smallest absolute Gasteiger partial charge is 0.416 e. The summed E-state index contributed by atoms with van der Waals surface area (Å²) in [7, 11) is 0. The number of nitrogens with zero attached hydrogens (tertiary/aromatic N) is 2. The topological polar surface area (TPSA) is 113 Å². The van der Waals surface area contributed by atoms with Crippen molar-refractivity contribution in [2.24, 2.45) is 11.7 Å². The number of phenolic OH excluding ortho intramolecular Hbond substituents is 1. The molecule has 2 aromatic carbocycles. The number of alkyl halides is 3. The molecule has 0 saturated heterocycles. The van der Waals surface area contributed by atoms with Crippen LogP contribution in [0, 0.1) is 11.7 Å². The first-order chi connectivity index (χ1) is 16.6. The number of aromatic nitrogens is 2. The van der Waals surface area contributed by atoms with Gasteiger partial charge in [-0.1, -0.05) is 30.3 Å². The van der Waals surface area contributed by atoms with Crippen molar-refractivity contribution in [2.75, 3.05) is 10.6 Å². The van der Waals surface area contributed by atoms with Crippen LogP contribution in [0.3, 0.4) is 0 Å². The van der Waals surface area contributed by atoms with Gasteiger partial charge in [0.2, 0.25) is 11.7 Å². The minimum absolute atomic E-state index is 0.0160. The van der Waals surface area contributed by atoms with Gasteiger partial charge >= 0.3 is 6.18 Å². The third-order valence-electron chi connectivity index (χ3n) is 5.73. The Kier molecular flexibility index (Phi) is 6.77. The van der Waals surface area contributed by atoms with Crippen LogP contribution < -0.4 is 16.4 Å². The monoisotopic (exact) mass is 489 g/mol. The van der Waals surface area contributed by atoms with E-state index in [9.17, 15) is 23.1 Å². The van der Waals surface area contributed by atoms with E-state index in [2.05, 4.69) is 20.6 Å². The number of hydrogen-bond donors (Lipinski definition) is 4. The van der Waals surface area contributed by atoms with E-state index in [1.165, 1.54) is 12.4 Å². The summed E-state index contributed by atoms with van der Waals surface area (Å²) in [6.45, 7) is 0.246. The first-order valence-corrected chi connectivity index (χ1v) is 10.9. The van der Waals surface area contributed by atoms with Crippen molar-refractivity contribution in [3.05, 3.63) is 76.9 Å². The summed E-state index contributed by atoms with van der Waals surface area (Å²) in [4.78, 5) is 18.9. The maximum atomic E-state index is 15.2. The molecule has 0 bridgehead atoms. The van der Waals surface area contributed by atoms with Gasteiger partial charge in [0.1, 0.15) is 12.1 Å². The molecule has 1 amide bonds. The number of aromatic hydroxyl groups is 1. The molecule has 1 saturated carbocycles. The highest BCUT2D eigenvalue weighted by Crippen LogP contribution is 2.46. The largest absolute Gasteiger partial charge is 0.508 e. The summed E-state index contributed by atoms with van der Waals surface area (Å²) in [5, 5.41) is 16.1. The average Bonchev–Trinajstić information content (AvgIpc) is 3.63. The van der Waals surface area contributed by atoms with Gasteiger partial charge in [-0.25, -0.2) is 9.97 Å². The Balaban J connectivity index is 1.49. The fourth-order valence-electron chi connectivity index (χ4n) is 3.77. The summed E-state index contributed by atoms with van der Waals surface area (Å²) < 4.78 is 54.0. The third-order valence-corrected chi connectivity index (χ3v) is 5.73. The fourth-order valence-corrected chi connectivity index (χ4v) is 3.77. The molecule has 3 aromatic rings. The van der Waals surface area contributed by atoms with Crippen molar-refractivity contribution in [1.82, 2.24) is 9.97 Å². The number of phenols is 1. The molecule has 4 rings (SSSR count). The van der Waals surface area contributed by atoms with Crippen LogP contribution in [0.15, 0.2) is 48.8 Å². The molecule has 1 aliphatic carbocycles. The number of halogens is 4. The number of hydrogen-bond acceptors (Lipinski definition) is 6. The molecular weight excluding hydrogens is 466 g/mol. The summed E-state index contributed by atoms with van der Waals surface area (Å²) in [5.41, 5.74) is 6.04. The Morgan fingerprint density at radius 1 is 1.09 bits per heavy atom. The Morgan fingerprint density at radius 3 is 2.34 bits per heavy atom. The van der Waals surface area contributed by atoms with Crippen LogP contribution in [-0.2, 0) is 23.9 Å². The fraction of sp³-hybridized carbons (Fsp3) is 0.292. The van der Waals surface area contributed by atoms with Crippen molar-refractivity contribution in [3.63, 3.8) is 0 Å². The predicted molar refractivity (Wildman–Crippen MR) is 121 cm³/mol. The second-order valence-corrected chi connectivity index (χ2v) is 8.43. The number of carbonyl (C=O) groups excluding carboxylic acids is 1. The number of rotatable bonds is 9. The minimum atomic E-state index is -4.58. The highest BCUT2D eigenvalue weighted by atomic mass is 19.4. The Bertz CT molecular complexity index is 1210. The van der Waals surface area contributed by atoms with Crippen molar-refractivity contribution in [1.29, 1.82) is 0 Å². The highest BCUT2D eigenvalue weighted by molar-refractivity contribution is 5.76. The van der Waals surface area contributed by atoms with Crippen LogP contribution >= 0.6 is 0 Å². The maximum Gasteiger partial charge on any atom is 0.416 e. The first-order valence-electron chi connectivity index (χ1n) is 10.9. The molecule has 35 heavy (non-hydrogen) atoms. The molecule has 1 heterocycles. The second kappa shape index (κ2) is 9.77. The number of nitrogens with two attached hydrogens (primary N) is 1. The third kappa shape index (κ3) is 5.97. The molecule has 1 unspecified atom stereocenters. The van der Waals surface area contributed by atoms with Crippen LogP contribution in [0.4, 0.5) is 29.2 Å². The van der Waals surface area contributed by atoms with Gasteiger partial charge in [-0.2, -0.15) is 17.6 Å². The zero-order chi connectivity index (χ0) is 25.2. The number of anilines is 2. The lowest BCUT2D eigenvalue weighted by atomic mass is 9.99. The van der Waals surface area contributed by atoms with Crippen LogP contribution in [-0.4, -0.2) is 21.0 Å². The average molecular weight is 489 g/mol. The number of benzene rings is 2. The van der Waals surface area contributed by atoms with Gasteiger partial charge in [0, 0.05) is 12.1 Å². The summed E-state index contributed by atoms with van der Waals surface area (Å²) >= 11 is 0. The van der Waals surface area contributed by atoms with Gasteiger partial charge < -0.3 is 21.5 Å². The molecule has 7 nitrogen and oxygen atoms in total. The molecule has 1 fully saturated rings. The Morgan fingerprint density at radius 2 is 1.74 bits per heavy atom. The van der Waals surface area contributed by atoms with Crippen molar-refractivity contribution >= 4 is 17.5 Å². The normalized spacial score (nSPS) is 14.4. The molecule has 184 valence electrons. The highest BCUT2D eigenvalue weighted by Gasteiger charge is 2.37. The van der Waals surface area contributed by atoms with E-state index in [4.69, 9.17) is 5.73 Å². The van der Waals surface area contributed by atoms with E-state index in [0.29, 0.717) is 6.07 Å². The van der Waals surface area contributed by atoms with Crippen molar-refractivity contribution < 1.29 is 27.5 Å². The standard InChI is InChI=1S/C24H23F4N5O2/c25-20-22(30-11-14-3-1-13(2-4-14)9-19(29)35)31-12-32-23(20)33-21(15-5-6-15)17-8-7-16(10-18(17)34)24(26,27)28/h1-4,7-8,10,12,15,21,34H,5-6,9,11H2,(H2,29,35)(H2,30,31,32,33).